The number of benzene rings is 3. The van der Waals surface area contributed by atoms with Gasteiger partial charge in [0.25, 0.3) is 5.69 Å². The van der Waals surface area contributed by atoms with Crippen molar-refractivity contribution >= 4 is 22.9 Å². The lowest BCUT2D eigenvalue weighted by molar-refractivity contribution is -0.385. The van der Waals surface area contributed by atoms with E-state index in [-0.39, 0.29) is 17.8 Å². The predicted octanol–water partition coefficient (Wildman–Crippen LogP) is 7.58. The molecule has 9 heteroatoms. The number of aryl methyl sites for hydroxylation is 1. The van der Waals surface area contributed by atoms with Gasteiger partial charge in [-0.1, -0.05) is 12.1 Å². The molecule has 0 aliphatic carbocycles. The zero-order chi connectivity index (χ0) is 29.3. The number of carbonyl (C=O) groups excluding carboxylic acids is 1. The molecular formula is C32H30N2O7. The minimum absolute atomic E-state index is 0.0392. The molecular weight excluding hydrogens is 524 g/mol. The van der Waals surface area contributed by atoms with E-state index in [0.29, 0.717) is 22.8 Å². The van der Waals surface area contributed by atoms with Crippen molar-refractivity contribution in [2.24, 2.45) is 0 Å². The second kappa shape index (κ2) is 10.8. The summed E-state index contributed by atoms with van der Waals surface area (Å²) < 4.78 is 22.5. The maximum atomic E-state index is 12.5. The van der Waals surface area contributed by atoms with E-state index < -0.39 is 10.9 Å². The van der Waals surface area contributed by atoms with Crippen LogP contribution in [0, 0.1) is 17.0 Å². The summed E-state index contributed by atoms with van der Waals surface area (Å²) in [5.74, 6) is 0.709. The lowest BCUT2D eigenvalue weighted by Gasteiger charge is -2.33. The smallest absolute Gasteiger partial charge is 0.346 e. The molecule has 0 bridgehead atoms. The Morgan fingerprint density at radius 1 is 1.02 bits per heavy atom. The molecule has 210 valence electrons. The minimum Gasteiger partial charge on any atom is -0.496 e. The summed E-state index contributed by atoms with van der Waals surface area (Å²) in [5, 5.41) is 15.0. The van der Waals surface area contributed by atoms with E-state index >= 15 is 0 Å². The summed E-state index contributed by atoms with van der Waals surface area (Å²) in [7, 11) is 1.55. The number of fused-ring (bicyclic) bond motifs is 1. The van der Waals surface area contributed by atoms with Crippen LogP contribution >= 0.6 is 0 Å². The van der Waals surface area contributed by atoms with Crippen LogP contribution in [0.1, 0.15) is 47.8 Å². The summed E-state index contributed by atoms with van der Waals surface area (Å²) in [6.07, 6.45) is 4.89. The van der Waals surface area contributed by atoms with Crippen LogP contribution in [0.15, 0.2) is 77.6 Å². The van der Waals surface area contributed by atoms with E-state index in [1.54, 1.807) is 25.3 Å². The van der Waals surface area contributed by atoms with Crippen LogP contribution in [0.25, 0.3) is 16.7 Å². The van der Waals surface area contributed by atoms with Gasteiger partial charge in [-0.3, -0.25) is 10.1 Å². The van der Waals surface area contributed by atoms with Gasteiger partial charge in [0.1, 0.15) is 30.1 Å². The van der Waals surface area contributed by atoms with Crippen LogP contribution in [0.4, 0.5) is 11.4 Å². The molecule has 4 aromatic rings. The fraction of sp³-hybridized carbons (Fsp3) is 0.219. The summed E-state index contributed by atoms with van der Waals surface area (Å²) in [4.78, 5) is 23.4. The Balaban J connectivity index is 1.58. The van der Waals surface area contributed by atoms with E-state index in [4.69, 9.17) is 18.6 Å². The average molecular weight is 555 g/mol. The summed E-state index contributed by atoms with van der Waals surface area (Å²) >= 11 is 0. The molecule has 1 aliphatic rings. The Morgan fingerprint density at radius 3 is 2.51 bits per heavy atom. The molecule has 0 unspecified atom stereocenters. The molecule has 0 atom stereocenters. The lowest BCUT2D eigenvalue weighted by atomic mass is 9.85. The maximum Gasteiger partial charge on any atom is 0.346 e. The van der Waals surface area contributed by atoms with Crippen molar-refractivity contribution in [3.05, 3.63) is 106 Å². The van der Waals surface area contributed by atoms with Gasteiger partial charge >= 0.3 is 5.97 Å². The van der Waals surface area contributed by atoms with Crippen molar-refractivity contribution in [3.8, 4) is 28.4 Å². The number of nitro groups is 1. The first-order valence-corrected chi connectivity index (χ1v) is 13.0. The van der Waals surface area contributed by atoms with E-state index in [9.17, 15) is 14.9 Å². The van der Waals surface area contributed by atoms with E-state index in [1.165, 1.54) is 30.7 Å². The number of esters is 1. The number of carbonyl (C=O) groups is 1. The second-order valence-corrected chi connectivity index (χ2v) is 10.4. The number of nitrogens with one attached hydrogen (secondary N) is 1. The van der Waals surface area contributed by atoms with Gasteiger partial charge in [0.15, 0.2) is 0 Å². The molecule has 9 nitrogen and oxygen atoms in total. The molecule has 1 aromatic heterocycles. The third kappa shape index (κ3) is 5.65. The number of allylic oxidation sites excluding steroid dienone is 1. The molecule has 0 saturated heterocycles. The number of ether oxygens (including phenoxy) is 3. The highest BCUT2D eigenvalue weighted by molar-refractivity contribution is 5.91. The number of hydrogen-bond acceptors (Lipinski definition) is 8. The van der Waals surface area contributed by atoms with Crippen molar-refractivity contribution in [1.29, 1.82) is 0 Å². The Hall–Kier alpha value is -5.05. The number of nitro benzene ring substituents is 1. The van der Waals surface area contributed by atoms with Crippen LogP contribution in [-0.2, 0) is 6.61 Å². The first-order chi connectivity index (χ1) is 19.6. The van der Waals surface area contributed by atoms with Crippen LogP contribution < -0.4 is 19.5 Å². The number of furan rings is 1. The van der Waals surface area contributed by atoms with Gasteiger partial charge in [-0.15, -0.1) is 0 Å². The van der Waals surface area contributed by atoms with Gasteiger partial charge in [-0.25, -0.2) is 4.79 Å². The van der Waals surface area contributed by atoms with Crippen LogP contribution in [0.3, 0.4) is 0 Å². The molecule has 0 amide bonds. The number of hydrogen-bond donors (Lipinski definition) is 1. The number of non-ortho nitro benzene ring substituents is 1. The predicted molar refractivity (Wildman–Crippen MR) is 156 cm³/mol. The second-order valence-electron chi connectivity index (χ2n) is 10.4. The summed E-state index contributed by atoms with van der Waals surface area (Å²) in [6.45, 7) is 8.25. The number of anilines is 1. The van der Waals surface area contributed by atoms with Crippen molar-refractivity contribution in [2.75, 3.05) is 12.4 Å². The molecule has 1 aliphatic heterocycles. The Morgan fingerprint density at radius 2 is 1.80 bits per heavy atom. The van der Waals surface area contributed by atoms with Gasteiger partial charge in [-0.05, 0) is 74.7 Å². The van der Waals surface area contributed by atoms with Crippen LogP contribution in [0.5, 0.6) is 17.2 Å². The molecule has 3 aromatic carbocycles. The standard InChI is InChI=1S/C32H30N2O7/c1-19-6-7-22(34(36)37)14-28(19)40-18-26-24(10-11-27-30(26)20(2)16-32(3,4)33-27)25-9-8-23(15-29(25)38-5)41-31(35)21-12-13-39-17-21/h6-17,33H,18H2,1-5H3. The molecule has 1 N–H and O–H groups in total. The maximum absolute atomic E-state index is 12.5. The highest BCUT2D eigenvalue weighted by atomic mass is 16.6. The third-order valence-electron chi connectivity index (χ3n) is 6.93. The fourth-order valence-corrected chi connectivity index (χ4v) is 5.11. The minimum atomic E-state index is -0.543. The van der Waals surface area contributed by atoms with Gasteiger partial charge in [0.2, 0.25) is 0 Å². The van der Waals surface area contributed by atoms with Crippen LogP contribution in [0.2, 0.25) is 0 Å². The van der Waals surface area contributed by atoms with Crippen LogP contribution in [-0.4, -0.2) is 23.5 Å². The Bertz CT molecular complexity index is 1670. The topological polar surface area (TPSA) is 113 Å². The number of rotatable bonds is 8. The molecule has 0 radical (unpaired) electrons. The zero-order valence-electron chi connectivity index (χ0n) is 23.4. The summed E-state index contributed by atoms with van der Waals surface area (Å²) in [6, 6.07) is 15.3. The molecule has 2 heterocycles. The SMILES string of the molecule is COc1cc(OC(=O)c2ccoc2)ccc1-c1ccc2c(c1COc1cc([N+](=O)[O-])ccc1C)C(C)=CC(C)(C)N2. The van der Waals surface area contributed by atoms with Crippen molar-refractivity contribution in [1.82, 2.24) is 0 Å². The first kappa shape index (κ1) is 27.5. The van der Waals surface area contributed by atoms with Crippen molar-refractivity contribution < 1.29 is 28.3 Å². The van der Waals surface area contributed by atoms with Gasteiger partial charge in [0.05, 0.1) is 35.5 Å². The zero-order valence-corrected chi connectivity index (χ0v) is 23.4. The van der Waals surface area contributed by atoms with Gasteiger partial charge < -0.3 is 23.9 Å². The van der Waals surface area contributed by atoms with E-state index in [0.717, 1.165) is 39.1 Å². The van der Waals surface area contributed by atoms with Gasteiger partial charge in [-0.2, -0.15) is 0 Å². The Kier molecular flexibility index (Phi) is 7.28. The van der Waals surface area contributed by atoms with Crippen molar-refractivity contribution in [3.63, 3.8) is 0 Å². The highest BCUT2D eigenvalue weighted by Gasteiger charge is 2.27. The quantitative estimate of drug-likeness (QED) is 0.103. The van der Waals surface area contributed by atoms with E-state index in [1.807, 2.05) is 25.1 Å². The normalized spacial score (nSPS) is 13.4. The fourth-order valence-electron chi connectivity index (χ4n) is 5.11. The third-order valence-corrected chi connectivity index (χ3v) is 6.93. The molecule has 0 fully saturated rings. The van der Waals surface area contributed by atoms with Crippen molar-refractivity contribution in [2.45, 2.75) is 39.8 Å². The molecule has 0 spiro atoms. The highest BCUT2D eigenvalue weighted by Crippen LogP contribution is 2.43. The lowest BCUT2D eigenvalue weighted by Crippen LogP contribution is -2.32. The Labute approximate surface area is 237 Å². The van der Waals surface area contributed by atoms with E-state index in [2.05, 4.69) is 32.2 Å². The average Bonchev–Trinajstić information content (AvgIpc) is 3.47. The molecule has 41 heavy (non-hydrogen) atoms. The summed E-state index contributed by atoms with van der Waals surface area (Å²) in [5.41, 5.74) is 6.33. The largest absolute Gasteiger partial charge is 0.496 e. The first-order valence-electron chi connectivity index (χ1n) is 13.0. The molecule has 5 rings (SSSR count). The number of methoxy groups -OCH3 is 1. The molecule has 0 saturated carbocycles. The van der Waals surface area contributed by atoms with Gasteiger partial charge in [0, 0.05) is 34.5 Å². The number of nitrogens with zero attached hydrogens (tertiary/aromatic N) is 1. The monoisotopic (exact) mass is 554 g/mol.